The van der Waals surface area contributed by atoms with Crippen LogP contribution in [0.25, 0.3) is 0 Å². The van der Waals surface area contributed by atoms with Crippen molar-refractivity contribution in [2.45, 2.75) is 60.0 Å². The number of carboxylic acids is 1. The molecule has 25 heavy (non-hydrogen) atoms. The fraction of sp³-hybridized carbons (Fsp3) is 0.650. The summed E-state index contributed by atoms with van der Waals surface area (Å²) in [5.74, 6) is -2.00. The summed E-state index contributed by atoms with van der Waals surface area (Å²) < 4.78 is 5.70. The van der Waals surface area contributed by atoms with Crippen molar-refractivity contribution in [3.63, 3.8) is 0 Å². The quantitative estimate of drug-likeness (QED) is 0.621. The molecule has 2 aliphatic rings. The molecule has 0 amide bonds. The van der Waals surface area contributed by atoms with E-state index in [1.54, 1.807) is 26.8 Å². The third-order valence-corrected chi connectivity index (χ3v) is 6.29. The number of Topliss-reactive ketones (excluding diaryl/α,β-unsaturated/α-hetero) is 1. The van der Waals surface area contributed by atoms with Crippen molar-refractivity contribution in [1.29, 1.82) is 0 Å². The van der Waals surface area contributed by atoms with Crippen LogP contribution in [0.5, 0.6) is 0 Å². The van der Waals surface area contributed by atoms with Gasteiger partial charge in [-0.05, 0) is 44.9 Å². The molecule has 0 spiro atoms. The number of esters is 1. The molecule has 0 saturated heterocycles. The average molecular weight is 348 g/mol. The minimum Gasteiger partial charge on any atom is -0.481 e. The van der Waals surface area contributed by atoms with Gasteiger partial charge in [-0.25, -0.2) is 4.79 Å². The summed E-state index contributed by atoms with van der Waals surface area (Å²) in [7, 11) is 0. The van der Waals surface area contributed by atoms with Gasteiger partial charge in [0.1, 0.15) is 6.10 Å². The summed E-state index contributed by atoms with van der Waals surface area (Å²) in [5, 5.41) is 9.29. The second-order valence-corrected chi connectivity index (χ2v) is 7.63. The van der Waals surface area contributed by atoms with Gasteiger partial charge >= 0.3 is 11.9 Å². The Kier molecular flexibility index (Phi) is 5.55. The molecule has 0 heterocycles. The van der Waals surface area contributed by atoms with Gasteiger partial charge in [0.05, 0.1) is 5.92 Å². The van der Waals surface area contributed by atoms with Crippen LogP contribution in [0.4, 0.5) is 0 Å². The van der Waals surface area contributed by atoms with Crippen molar-refractivity contribution in [2.75, 3.05) is 0 Å². The fourth-order valence-corrected chi connectivity index (χ4v) is 4.04. The van der Waals surface area contributed by atoms with Crippen molar-refractivity contribution < 1.29 is 24.2 Å². The number of fused-ring (bicyclic) bond motifs is 1. The Morgan fingerprint density at radius 3 is 2.60 bits per heavy atom. The number of aliphatic carboxylic acids is 1. The highest BCUT2D eigenvalue weighted by Gasteiger charge is 2.50. The number of rotatable bonds is 4. The number of carbonyl (C=O) groups is 3. The molecule has 138 valence electrons. The van der Waals surface area contributed by atoms with E-state index in [1.165, 1.54) is 0 Å². The van der Waals surface area contributed by atoms with E-state index in [0.717, 1.165) is 12.8 Å². The first-order chi connectivity index (χ1) is 11.6. The van der Waals surface area contributed by atoms with Crippen molar-refractivity contribution in [3.8, 4) is 0 Å². The summed E-state index contributed by atoms with van der Waals surface area (Å²) in [5.41, 5.74) is 0.615. The first-order valence-electron chi connectivity index (χ1n) is 8.94. The molecule has 5 heteroatoms. The zero-order valence-corrected chi connectivity index (χ0v) is 15.7. The Morgan fingerprint density at radius 2 is 2.04 bits per heavy atom. The largest absolute Gasteiger partial charge is 0.481 e. The lowest BCUT2D eigenvalue weighted by atomic mass is 9.56. The number of carbonyl (C=O) groups excluding carboxylic acids is 2. The maximum Gasteiger partial charge on any atom is 0.333 e. The first-order valence-corrected chi connectivity index (χ1v) is 8.94. The molecule has 0 aliphatic heterocycles. The Balaban J connectivity index is 2.31. The smallest absolute Gasteiger partial charge is 0.333 e. The Morgan fingerprint density at radius 1 is 1.40 bits per heavy atom. The second kappa shape index (κ2) is 7.14. The molecule has 0 radical (unpaired) electrons. The van der Waals surface area contributed by atoms with Gasteiger partial charge in [-0.1, -0.05) is 26.0 Å². The van der Waals surface area contributed by atoms with E-state index in [9.17, 15) is 19.5 Å². The van der Waals surface area contributed by atoms with Crippen LogP contribution >= 0.6 is 0 Å². The number of hydrogen-bond acceptors (Lipinski definition) is 4. The molecular weight excluding hydrogens is 320 g/mol. The molecule has 0 aromatic rings. The number of allylic oxidation sites excluding steroid dienone is 2. The molecule has 1 fully saturated rings. The highest BCUT2D eigenvalue weighted by molar-refractivity contribution is 6.01. The molecule has 2 aliphatic carbocycles. The zero-order valence-electron chi connectivity index (χ0n) is 15.7. The summed E-state index contributed by atoms with van der Waals surface area (Å²) in [4.78, 5) is 35.9. The monoisotopic (exact) mass is 348 g/mol. The summed E-state index contributed by atoms with van der Waals surface area (Å²) in [6.07, 6.45) is 5.26. The van der Waals surface area contributed by atoms with E-state index in [0.29, 0.717) is 17.6 Å². The normalized spacial score (nSPS) is 34.0. The zero-order chi connectivity index (χ0) is 18.9. The summed E-state index contributed by atoms with van der Waals surface area (Å²) in [6, 6.07) is 0. The van der Waals surface area contributed by atoms with Gasteiger partial charge in [-0.2, -0.15) is 0 Å². The minimum atomic E-state index is -0.989. The third-order valence-electron chi connectivity index (χ3n) is 6.29. The standard InChI is InChI=1S/C20H28O5/c1-6-11(2)19(24)25-17-8-7-14-9-16(21)15(12(3)18(22)23)10-20(14,5)13(17)4/h6,10,12-14,17H,7-9H2,1-5H3,(H,22,23)/b11-6-/t12-,13+,14-,17+,20-/m1/s1. The maximum atomic E-state index is 12.4. The van der Waals surface area contributed by atoms with Gasteiger partial charge in [0.25, 0.3) is 0 Å². The molecule has 5 nitrogen and oxygen atoms in total. The van der Waals surface area contributed by atoms with E-state index in [-0.39, 0.29) is 35.1 Å². The van der Waals surface area contributed by atoms with Crippen LogP contribution in [-0.4, -0.2) is 28.9 Å². The van der Waals surface area contributed by atoms with E-state index in [1.807, 2.05) is 13.0 Å². The molecule has 0 unspecified atom stereocenters. The average Bonchev–Trinajstić information content (AvgIpc) is 2.57. The van der Waals surface area contributed by atoms with Gasteiger partial charge in [0, 0.05) is 23.5 Å². The highest BCUT2D eigenvalue weighted by Crippen LogP contribution is 2.52. The molecule has 1 N–H and O–H groups in total. The Bertz CT molecular complexity index is 644. The Hall–Kier alpha value is -1.91. The van der Waals surface area contributed by atoms with Gasteiger partial charge < -0.3 is 9.84 Å². The van der Waals surface area contributed by atoms with E-state index < -0.39 is 11.9 Å². The van der Waals surface area contributed by atoms with Crippen LogP contribution in [0.2, 0.25) is 0 Å². The lowest BCUT2D eigenvalue weighted by Crippen LogP contribution is -2.48. The van der Waals surface area contributed by atoms with Crippen LogP contribution in [0.15, 0.2) is 23.3 Å². The highest BCUT2D eigenvalue weighted by atomic mass is 16.5. The molecular formula is C20H28O5. The predicted molar refractivity (Wildman–Crippen MR) is 93.8 cm³/mol. The SMILES string of the molecule is C/C=C(/C)C(=O)O[C@H]1CC[C@@H]2CC(=O)C([C@@H](C)C(=O)O)=C[C@]2(C)[C@H]1C. The van der Waals surface area contributed by atoms with Gasteiger partial charge in [0.2, 0.25) is 0 Å². The lowest BCUT2D eigenvalue weighted by molar-refractivity contribution is -0.154. The number of hydrogen-bond donors (Lipinski definition) is 1. The molecule has 5 atom stereocenters. The Labute approximate surface area is 149 Å². The van der Waals surface area contributed by atoms with Crippen LogP contribution in [0.3, 0.4) is 0 Å². The molecule has 0 aromatic heterocycles. The third kappa shape index (κ3) is 3.55. The van der Waals surface area contributed by atoms with Gasteiger partial charge in [0.15, 0.2) is 5.78 Å². The fourth-order valence-electron chi connectivity index (χ4n) is 4.04. The van der Waals surface area contributed by atoms with E-state index in [4.69, 9.17) is 4.74 Å². The second-order valence-electron chi connectivity index (χ2n) is 7.63. The van der Waals surface area contributed by atoms with E-state index in [2.05, 4.69) is 6.92 Å². The molecule has 2 rings (SSSR count). The predicted octanol–water partition coefficient (Wildman–Crippen LogP) is 3.54. The topological polar surface area (TPSA) is 80.7 Å². The number of carboxylic acid groups (broad SMARTS) is 1. The number of ketones is 1. The summed E-state index contributed by atoms with van der Waals surface area (Å²) in [6.45, 7) is 9.17. The van der Waals surface area contributed by atoms with Crippen LogP contribution < -0.4 is 0 Å². The first kappa shape index (κ1) is 19.4. The molecule has 0 aromatic carbocycles. The van der Waals surface area contributed by atoms with Crippen LogP contribution in [0.1, 0.15) is 53.9 Å². The van der Waals surface area contributed by atoms with Crippen LogP contribution in [-0.2, 0) is 19.1 Å². The van der Waals surface area contributed by atoms with Crippen molar-refractivity contribution in [1.82, 2.24) is 0 Å². The summed E-state index contributed by atoms with van der Waals surface area (Å²) >= 11 is 0. The maximum absolute atomic E-state index is 12.4. The molecule has 1 saturated carbocycles. The lowest BCUT2D eigenvalue weighted by Gasteiger charge is -2.50. The minimum absolute atomic E-state index is 0.0175. The van der Waals surface area contributed by atoms with Crippen molar-refractivity contribution in [3.05, 3.63) is 23.3 Å². The molecule has 0 bridgehead atoms. The van der Waals surface area contributed by atoms with Crippen molar-refractivity contribution in [2.24, 2.45) is 23.2 Å². The van der Waals surface area contributed by atoms with Crippen molar-refractivity contribution >= 4 is 17.7 Å². The van der Waals surface area contributed by atoms with Gasteiger partial charge in [-0.15, -0.1) is 0 Å². The van der Waals surface area contributed by atoms with E-state index >= 15 is 0 Å². The van der Waals surface area contributed by atoms with Crippen LogP contribution in [0, 0.1) is 23.2 Å². The van der Waals surface area contributed by atoms with Gasteiger partial charge in [-0.3, -0.25) is 9.59 Å². The number of ether oxygens (including phenoxy) is 1.